The summed E-state index contributed by atoms with van der Waals surface area (Å²) in [7, 11) is 0. The van der Waals surface area contributed by atoms with Gasteiger partial charge in [0.05, 0.1) is 4.99 Å². The molecule has 4 rings (SSSR count). The number of aliphatic hydroxyl groups is 1. The van der Waals surface area contributed by atoms with E-state index in [4.69, 9.17) is 17.3 Å². The van der Waals surface area contributed by atoms with Crippen LogP contribution in [0, 0.1) is 11.8 Å². The molecule has 0 aromatic rings. The topological polar surface area (TPSA) is 38.7 Å². The van der Waals surface area contributed by atoms with Gasteiger partial charge in [-0.1, -0.05) is 12.2 Å². The van der Waals surface area contributed by atoms with E-state index >= 15 is 0 Å². The Hall–Kier alpha value is -0.230. The summed E-state index contributed by atoms with van der Waals surface area (Å²) in [6.45, 7) is 5.06. The van der Waals surface area contributed by atoms with Gasteiger partial charge in [-0.05, 0) is 70.0 Å². The van der Waals surface area contributed by atoms with Crippen molar-refractivity contribution in [3.63, 3.8) is 0 Å². The number of aliphatic hydroxyl groups excluding tert-OH is 1. The van der Waals surface area contributed by atoms with E-state index < -0.39 is 0 Å². The molecule has 4 fully saturated rings. The second-order valence-corrected chi connectivity index (χ2v) is 8.49. The van der Waals surface area contributed by atoms with Crippen LogP contribution in [0.3, 0.4) is 0 Å². The normalized spacial score (nSPS) is 40.7. The summed E-state index contributed by atoms with van der Waals surface area (Å²) < 4.78 is 0. The molecule has 4 aliphatic rings. The molecule has 0 bridgehead atoms. The monoisotopic (exact) mass is 337 g/mol. The van der Waals surface area contributed by atoms with Crippen LogP contribution in [-0.4, -0.2) is 70.8 Å². The van der Waals surface area contributed by atoms with Crippen molar-refractivity contribution in [1.82, 2.24) is 15.1 Å². The number of fused-ring (bicyclic) bond motifs is 2. The molecule has 130 valence electrons. The highest BCUT2D eigenvalue weighted by Gasteiger charge is 2.50. The summed E-state index contributed by atoms with van der Waals surface area (Å²) in [4.78, 5) is 6.63. The van der Waals surface area contributed by atoms with Crippen molar-refractivity contribution < 1.29 is 5.11 Å². The Bertz CT molecular complexity index is 444. The Morgan fingerprint density at radius 1 is 1.22 bits per heavy atom. The van der Waals surface area contributed by atoms with Gasteiger partial charge >= 0.3 is 0 Å². The van der Waals surface area contributed by atoms with E-state index in [2.05, 4.69) is 15.1 Å². The Morgan fingerprint density at radius 2 is 2.04 bits per heavy atom. The standard InChI is InChI=1S/C18H31N3OS/c22-9-3-6-19-14-10-16-15-5-2-8-20-7-1-4-13(18(15)20)12-21(16)17(23)11-14/h13-16,18-19,22H,1-12H2/t13-,14-,15+,16+,18-/m0/s1. The number of thiocarbonyl (C=S) groups is 1. The van der Waals surface area contributed by atoms with Crippen LogP contribution in [0.15, 0.2) is 0 Å². The second kappa shape index (κ2) is 6.95. The number of piperidine rings is 4. The highest BCUT2D eigenvalue weighted by Crippen LogP contribution is 2.44. The first-order valence-corrected chi connectivity index (χ1v) is 10.1. The van der Waals surface area contributed by atoms with Crippen LogP contribution < -0.4 is 5.32 Å². The van der Waals surface area contributed by atoms with Crippen molar-refractivity contribution in [2.75, 3.05) is 32.8 Å². The molecule has 5 heteroatoms. The minimum absolute atomic E-state index is 0.279. The second-order valence-electron chi connectivity index (χ2n) is 8.02. The van der Waals surface area contributed by atoms with Crippen molar-refractivity contribution >= 4 is 17.2 Å². The fourth-order valence-electron chi connectivity index (χ4n) is 5.83. The van der Waals surface area contributed by atoms with E-state index in [1.54, 1.807) is 0 Å². The van der Waals surface area contributed by atoms with E-state index in [1.807, 2.05) is 0 Å². The van der Waals surface area contributed by atoms with Crippen molar-refractivity contribution in [2.45, 2.75) is 63.1 Å². The molecule has 2 N–H and O–H groups in total. The summed E-state index contributed by atoms with van der Waals surface area (Å²) in [5.41, 5.74) is 0. The lowest BCUT2D eigenvalue weighted by Crippen LogP contribution is -2.68. The summed E-state index contributed by atoms with van der Waals surface area (Å²) in [5.74, 6) is 1.67. The van der Waals surface area contributed by atoms with E-state index in [0.29, 0.717) is 12.1 Å². The predicted molar refractivity (Wildman–Crippen MR) is 96.6 cm³/mol. The van der Waals surface area contributed by atoms with Crippen molar-refractivity contribution in [1.29, 1.82) is 0 Å². The van der Waals surface area contributed by atoms with Crippen molar-refractivity contribution in [2.24, 2.45) is 11.8 Å². The van der Waals surface area contributed by atoms with Gasteiger partial charge in [0.2, 0.25) is 0 Å². The average Bonchev–Trinajstić information content (AvgIpc) is 2.57. The van der Waals surface area contributed by atoms with Crippen LogP contribution in [0.2, 0.25) is 0 Å². The lowest BCUT2D eigenvalue weighted by atomic mass is 9.67. The Morgan fingerprint density at radius 3 is 2.87 bits per heavy atom. The Balaban J connectivity index is 1.49. The number of nitrogens with one attached hydrogen (secondary N) is 1. The third kappa shape index (κ3) is 3.06. The maximum absolute atomic E-state index is 9.00. The molecule has 0 aromatic carbocycles. The third-order valence-corrected chi connectivity index (χ3v) is 7.11. The molecule has 0 aromatic heterocycles. The Kier molecular flexibility index (Phi) is 4.91. The molecule has 0 saturated carbocycles. The van der Waals surface area contributed by atoms with Crippen LogP contribution >= 0.6 is 12.2 Å². The zero-order chi connectivity index (χ0) is 15.8. The van der Waals surface area contributed by atoms with E-state index in [0.717, 1.165) is 37.3 Å². The van der Waals surface area contributed by atoms with Crippen LogP contribution in [0.5, 0.6) is 0 Å². The molecule has 0 radical (unpaired) electrons. The van der Waals surface area contributed by atoms with Gasteiger partial charge in [-0.2, -0.15) is 0 Å². The van der Waals surface area contributed by atoms with Gasteiger partial charge in [0.15, 0.2) is 0 Å². The maximum Gasteiger partial charge on any atom is 0.0797 e. The number of nitrogens with zero attached hydrogens (tertiary/aromatic N) is 2. The van der Waals surface area contributed by atoms with Gasteiger partial charge in [-0.25, -0.2) is 0 Å². The van der Waals surface area contributed by atoms with Crippen molar-refractivity contribution in [3.8, 4) is 0 Å². The summed E-state index contributed by atoms with van der Waals surface area (Å²) in [6.07, 6.45) is 8.66. The van der Waals surface area contributed by atoms with Crippen molar-refractivity contribution in [3.05, 3.63) is 0 Å². The molecule has 0 aliphatic carbocycles. The number of hydrogen-bond acceptors (Lipinski definition) is 4. The lowest BCUT2D eigenvalue weighted by Gasteiger charge is -2.60. The molecule has 0 unspecified atom stereocenters. The van der Waals surface area contributed by atoms with Gasteiger partial charge in [-0.3, -0.25) is 4.90 Å². The smallest absolute Gasteiger partial charge is 0.0797 e. The van der Waals surface area contributed by atoms with Gasteiger partial charge < -0.3 is 15.3 Å². The lowest BCUT2D eigenvalue weighted by molar-refractivity contribution is -0.0619. The molecule has 5 atom stereocenters. The minimum atomic E-state index is 0.279. The average molecular weight is 338 g/mol. The van der Waals surface area contributed by atoms with Gasteiger partial charge in [0, 0.05) is 37.7 Å². The molecule has 0 spiro atoms. The van der Waals surface area contributed by atoms with Crippen LogP contribution in [0.4, 0.5) is 0 Å². The molecule has 4 nitrogen and oxygen atoms in total. The Labute approximate surface area is 145 Å². The minimum Gasteiger partial charge on any atom is -0.396 e. The first kappa shape index (κ1) is 16.2. The van der Waals surface area contributed by atoms with Crippen LogP contribution in [-0.2, 0) is 0 Å². The van der Waals surface area contributed by atoms with Gasteiger partial charge in [0.25, 0.3) is 0 Å². The fraction of sp³-hybridized carbons (Fsp3) is 0.944. The predicted octanol–water partition coefficient (Wildman–Crippen LogP) is 1.62. The highest BCUT2D eigenvalue weighted by atomic mass is 32.1. The van der Waals surface area contributed by atoms with Gasteiger partial charge in [-0.15, -0.1) is 0 Å². The zero-order valence-corrected chi connectivity index (χ0v) is 14.9. The SMILES string of the molecule is OCCCN[C@@H]1CC(=S)N2C[C@@H]3CCCN4CCC[C@@H]([C@H]34)[C@H]2C1. The fourth-order valence-corrected chi connectivity index (χ4v) is 6.24. The first-order valence-electron chi connectivity index (χ1n) is 9.65. The largest absolute Gasteiger partial charge is 0.396 e. The first-order chi connectivity index (χ1) is 11.3. The van der Waals surface area contributed by atoms with Crippen LogP contribution in [0.1, 0.15) is 44.9 Å². The molecule has 23 heavy (non-hydrogen) atoms. The third-order valence-electron chi connectivity index (χ3n) is 6.71. The van der Waals surface area contributed by atoms with E-state index in [1.165, 1.54) is 56.7 Å². The summed E-state index contributed by atoms with van der Waals surface area (Å²) in [5, 5.41) is 12.6. The molecule has 0 amide bonds. The summed E-state index contributed by atoms with van der Waals surface area (Å²) in [6, 6.07) is 2.01. The summed E-state index contributed by atoms with van der Waals surface area (Å²) >= 11 is 5.82. The van der Waals surface area contributed by atoms with Gasteiger partial charge in [0.1, 0.15) is 0 Å². The highest BCUT2D eigenvalue weighted by molar-refractivity contribution is 7.80. The molecule has 4 saturated heterocycles. The molecule has 4 aliphatic heterocycles. The maximum atomic E-state index is 9.00. The quantitative estimate of drug-likeness (QED) is 0.602. The molecular weight excluding hydrogens is 306 g/mol. The van der Waals surface area contributed by atoms with E-state index in [9.17, 15) is 0 Å². The number of hydrogen-bond donors (Lipinski definition) is 2. The van der Waals surface area contributed by atoms with Crippen LogP contribution in [0.25, 0.3) is 0 Å². The number of rotatable bonds is 4. The van der Waals surface area contributed by atoms with E-state index in [-0.39, 0.29) is 6.61 Å². The molecular formula is C18H31N3OS. The molecule has 4 heterocycles. The zero-order valence-electron chi connectivity index (χ0n) is 14.1.